The number of hydrogen-bond acceptors (Lipinski definition) is 2. The van der Waals surface area contributed by atoms with Crippen LogP contribution in [0.3, 0.4) is 0 Å². The zero-order valence-corrected chi connectivity index (χ0v) is 11.1. The number of hydrogen-bond donors (Lipinski definition) is 1. The third-order valence-electron chi connectivity index (χ3n) is 2.33. The van der Waals surface area contributed by atoms with Crippen molar-refractivity contribution in [1.29, 1.82) is 0 Å². The van der Waals surface area contributed by atoms with Gasteiger partial charge in [0, 0.05) is 21.2 Å². The van der Waals surface area contributed by atoms with E-state index in [2.05, 4.69) is 15.9 Å². The van der Waals surface area contributed by atoms with Crippen molar-refractivity contribution in [3.05, 3.63) is 56.2 Å². The van der Waals surface area contributed by atoms with Gasteiger partial charge < -0.3 is 5.11 Å². The Morgan fingerprint density at radius 1 is 1.24 bits per heavy atom. The minimum absolute atomic E-state index is 0.268. The summed E-state index contributed by atoms with van der Waals surface area (Å²) in [6.07, 6.45) is -0.430. The largest absolute Gasteiger partial charge is 0.387 e. The van der Waals surface area contributed by atoms with Crippen LogP contribution in [0.4, 0.5) is 8.78 Å². The van der Waals surface area contributed by atoms with Crippen LogP contribution in [0.5, 0.6) is 0 Å². The Morgan fingerprint density at radius 3 is 2.59 bits per heavy atom. The van der Waals surface area contributed by atoms with Crippen LogP contribution in [0.15, 0.2) is 34.1 Å². The van der Waals surface area contributed by atoms with Crippen molar-refractivity contribution in [2.75, 3.05) is 0 Å². The van der Waals surface area contributed by atoms with E-state index in [1.165, 1.54) is 17.4 Å². The minimum atomic E-state index is -0.887. The van der Waals surface area contributed by atoms with Crippen molar-refractivity contribution in [3.63, 3.8) is 0 Å². The Hall–Kier alpha value is -0.780. The molecule has 1 aromatic heterocycles. The topological polar surface area (TPSA) is 20.2 Å². The zero-order chi connectivity index (χ0) is 12.4. The molecule has 1 aromatic carbocycles. The van der Waals surface area contributed by atoms with Crippen LogP contribution >= 0.6 is 27.3 Å². The molecule has 1 nitrogen and oxygen atoms in total. The summed E-state index contributed by atoms with van der Waals surface area (Å²) in [5, 5.41) is 11.8. The Morgan fingerprint density at radius 2 is 2.00 bits per heavy atom. The van der Waals surface area contributed by atoms with Gasteiger partial charge in [0.1, 0.15) is 0 Å². The summed E-state index contributed by atoms with van der Waals surface area (Å²) in [6.45, 7) is 0. The lowest BCUT2D eigenvalue weighted by molar-refractivity contribution is 0.182. The maximum atomic E-state index is 13.0. The van der Waals surface area contributed by atoms with Crippen molar-refractivity contribution in [1.82, 2.24) is 0 Å². The van der Waals surface area contributed by atoms with E-state index in [9.17, 15) is 13.9 Å². The number of thiophene rings is 1. The van der Waals surface area contributed by atoms with Crippen LogP contribution in [0.1, 0.15) is 16.5 Å². The molecule has 17 heavy (non-hydrogen) atoms. The number of aliphatic hydroxyl groups is 1. The maximum absolute atomic E-state index is 13.0. The molecule has 0 saturated heterocycles. The first-order valence-electron chi connectivity index (χ1n) is 4.92. The fourth-order valence-corrected chi connectivity index (χ4v) is 2.92. The van der Waals surface area contributed by atoms with E-state index in [-0.39, 0.29) is 6.42 Å². The summed E-state index contributed by atoms with van der Waals surface area (Å²) >= 11 is 4.72. The molecule has 1 heterocycles. The SMILES string of the molecule is OC(Cc1ccc(F)c(F)c1)c1cc(Br)cs1. The molecule has 0 aliphatic carbocycles. The average Bonchev–Trinajstić information content (AvgIpc) is 2.70. The van der Waals surface area contributed by atoms with E-state index in [0.717, 1.165) is 21.5 Å². The lowest BCUT2D eigenvalue weighted by atomic mass is 10.1. The van der Waals surface area contributed by atoms with Crippen molar-refractivity contribution >= 4 is 27.3 Å². The van der Waals surface area contributed by atoms with E-state index in [0.29, 0.717) is 5.56 Å². The van der Waals surface area contributed by atoms with Crippen LogP contribution in [-0.4, -0.2) is 5.11 Å². The fraction of sp³-hybridized carbons (Fsp3) is 0.167. The molecule has 5 heteroatoms. The molecule has 0 saturated carbocycles. The molecule has 2 rings (SSSR count). The van der Waals surface area contributed by atoms with Gasteiger partial charge in [-0.1, -0.05) is 6.07 Å². The monoisotopic (exact) mass is 318 g/mol. The second-order valence-corrected chi connectivity index (χ2v) is 5.49. The van der Waals surface area contributed by atoms with Gasteiger partial charge in [-0.15, -0.1) is 11.3 Å². The molecule has 0 fully saturated rings. The summed E-state index contributed by atoms with van der Waals surface area (Å²) in [4.78, 5) is 0.793. The Bertz CT molecular complexity index is 527. The molecule has 2 aromatic rings. The molecular weight excluding hydrogens is 310 g/mol. The zero-order valence-electron chi connectivity index (χ0n) is 8.66. The van der Waals surface area contributed by atoms with E-state index in [1.54, 1.807) is 0 Å². The third-order valence-corrected chi connectivity index (χ3v) is 4.12. The second-order valence-electron chi connectivity index (χ2n) is 3.64. The van der Waals surface area contributed by atoms with Crippen LogP contribution in [0.2, 0.25) is 0 Å². The number of aliphatic hydroxyl groups excluding tert-OH is 1. The van der Waals surface area contributed by atoms with Gasteiger partial charge in [0.15, 0.2) is 11.6 Å². The van der Waals surface area contributed by atoms with Gasteiger partial charge in [0.05, 0.1) is 6.10 Å². The predicted molar refractivity (Wildman–Crippen MR) is 67.0 cm³/mol. The summed E-state index contributed by atoms with van der Waals surface area (Å²) in [6, 6.07) is 5.47. The molecule has 0 spiro atoms. The predicted octanol–water partition coefficient (Wildman–Crippen LogP) is 4.06. The third kappa shape index (κ3) is 3.12. The minimum Gasteiger partial charge on any atom is -0.387 e. The highest BCUT2D eigenvalue weighted by molar-refractivity contribution is 9.10. The van der Waals surface area contributed by atoms with Gasteiger partial charge in [0.2, 0.25) is 0 Å². The maximum Gasteiger partial charge on any atom is 0.159 e. The highest BCUT2D eigenvalue weighted by Gasteiger charge is 2.12. The quantitative estimate of drug-likeness (QED) is 0.904. The standard InChI is InChI=1S/C12H9BrF2OS/c13-8-5-12(17-6-8)11(16)4-7-1-2-9(14)10(15)3-7/h1-3,5-6,11,16H,4H2. The highest BCUT2D eigenvalue weighted by atomic mass is 79.9. The Balaban J connectivity index is 2.12. The van der Waals surface area contributed by atoms with Gasteiger partial charge in [-0.25, -0.2) is 8.78 Å². The first-order chi connectivity index (χ1) is 8.06. The summed E-state index contributed by atoms with van der Waals surface area (Å²) in [5.41, 5.74) is 0.570. The summed E-state index contributed by atoms with van der Waals surface area (Å²) < 4.78 is 26.6. The molecule has 1 atom stereocenters. The van der Waals surface area contributed by atoms with Crippen molar-refractivity contribution in [3.8, 4) is 0 Å². The van der Waals surface area contributed by atoms with E-state index in [4.69, 9.17) is 0 Å². The second kappa shape index (κ2) is 5.25. The van der Waals surface area contributed by atoms with Crippen LogP contribution in [0.25, 0.3) is 0 Å². The average molecular weight is 319 g/mol. The normalized spacial score (nSPS) is 12.7. The van der Waals surface area contributed by atoms with Gasteiger partial charge >= 0.3 is 0 Å². The van der Waals surface area contributed by atoms with Gasteiger partial charge in [-0.05, 0) is 39.7 Å². The van der Waals surface area contributed by atoms with Gasteiger partial charge in [-0.2, -0.15) is 0 Å². The summed E-state index contributed by atoms with van der Waals surface area (Å²) in [7, 11) is 0. The van der Waals surface area contributed by atoms with Gasteiger partial charge in [-0.3, -0.25) is 0 Å². The molecule has 0 aliphatic rings. The molecule has 0 radical (unpaired) electrons. The van der Waals surface area contributed by atoms with Crippen LogP contribution in [-0.2, 0) is 6.42 Å². The smallest absolute Gasteiger partial charge is 0.159 e. The molecule has 0 aliphatic heterocycles. The van der Waals surface area contributed by atoms with Crippen LogP contribution < -0.4 is 0 Å². The molecular formula is C12H9BrF2OS. The lowest BCUT2D eigenvalue weighted by Gasteiger charge is -2.08. The number of halogens is 3. The Labute approximate surface area is 110 Å². The lowest BCUT2D eigenvalue weighted by Crippen LogP contribution is -2.00. The van der Waals surface area contributed by atoms with E-state index < -0.39 is 17.7 Å². The first kappa shape index (κ1) is 12.7. The molecule has 1 unspecified atom stereocenters. The highest BCUT2D eigenvalue weighted by Crippen LogP contribution is 2.28. The molecule has 0 amide bonds. The number of rotatable bonds is 3. The van der Waals surface area contributed by atoms with E-state index >= 15 is 0 Å². The fourth-order valence-electron chi connectivity index (χ4n) is 1.49. The first-order valence-corrected chi connectivity index (χ1v) is 6.59. The van der Waals surface area contributed by atoms with E-state index in [1.807, 2.05) is 11.4 Å². The van der Waals surface area contributed by atoms with Gasteiger partial charge in [0.25, 0.3) is 0 Å². The Kier molecular flexibility index (Phi) is 3.91. The van der Waals surface area contributed by atoms with Crippen molar-refractivity contribution < 1.29 is 13.9 Å². The van der Waals surface area contributed by atoms with Crippen molar-refractivity contribution in [2.24, 2.45) is 0 Å². The summed E-state index contributed by atoms with van der Waals surface area (Å²) in [5.74, 6) is -1.76. The van der Waals surface area contributed by atoms with Crippen molar-refractivity contribution in [2.45, 2.75) is 12.5 Å². The van der Waals surface area contributed by atoms with Crippen LogP contribution in [0, 0.1) is 11.6 Å². The molecule has 90 valence electrons. The molecule has 0 bridgehead atoms. The molecule has 1 N–H and O–H groups in total. The number of benzene rings is 1.